The van der Waals surface area contributed by atoms with Gasteiger partial charge in [-0.15, -0.1) is 0 Å². The summed E-state index contributed by atoms with van der Waals surface area (Å²) >= 11 is 0. The number of hydrogen-bond acceptors (Lipinski definition) is 4. The second kappa shape index (κ2) is 10.1. The fourth-order valence-electron chi connectivity index (χ4n) is 4.18. The van der Waals surface area contributed by atoms with Crippen LogP contribution in [0.5, 0.6) is 0 Å². The van der Waals surface area contributed by atoms with E-state index in [0.717, 1.165) is 40.4 Å². The van der Waals surface area contributed by atoms with Crippen LogP contribution in [0.15, 0.2) is 60.8 Å². The first kappa shape index (κ1) is 23.5. The van der Waals surface area contributed by atoms with Crippen molar-refractivity contribution in [3.63, 3.8) is 0 Å². The first-order chi connectivity index (χ1) is 16.4. The molecule has 34 heavy (non-hydrogen) atoms. The van der Waals surface area contributed by atoms with Gasteiger partial charge in [-0.3, -0.25) is 9.20 Å². The number of para-hydroxylation sites is 1. The van der Waals surface area contributed by atoms with E-state index in [9.17, 15) is 4.79 Å². The van der Waals surface area contributed by atoms with Crippen LogP contribution in [0, 0.1) is 19.8 Å². The van der Waals surface area contributed by atoms with Crippen LogP contribution in [0.1, 0.15) is 52.2 Å². The van der Waals surface area contributed by atoms with Crippen molar-refractivity contribution in [2.24, 2.45) is 11.7 Å². The highest BCUT2D eigenvalue weighted by atomic mass is 16.1. The molecule has 6 heteroatoms. The van der Waals surface area contributed by atoms with Crippen LogP contribution in [0.4, 0.5) is 11.5 Å². The fourth-order valence-corrected chi connectivity index (χ4v) is 4.18. The molecule has 176 valence electrons. The minimum Gasteiger partial charge on any atom is -0.348 e. The topological polar surface area (TPSA) is 84.5 Å². The third-order valence-electron chi connectivity index (χ3n) is 5.97. The van der Waals surface area contributed by atoms with E-state index in [1.165, 1.54) is 11.1 Å². The molecule has 0 unspecified atom stereocenters. The van der Waals surface area contributed by atoms with Gasteiger partial charge in [0.25, 0.3) is 5.91 Å². The monoisotopic (exact) mass is 455 g/mol. The smallest absolute Gasteiger partial charge is 0.251 e. The lowest BCUT2D eigenvalue weighted by Crippen LogP contribution is -2.23. The minimum atomic E-state index is -0.127. The summed E-state index contributed by atoms with van der Waals surface area (Å²) in [6, 6.07) is 17.9. The summed E-state index contributed by atoms with van der Waals surface area (Å²) in [5, 5.41) is 6.64. The maximum atomic E-state index is 12.9. The van der Waals surface area contributed by atoms with Crippen LogP contribution < -0.4 is 16.4 Å². The zero-order valence-electron chi connectivity index (χ0n) is 20.4. The molecule has 4 aromatic rings. The van der Waals surface area contributed by atoms with Crippen molar-refractivity contribution < 1.29 is 4.79 Å². The first-order valence-electron chi connectivity index (χ1n) is 11.8. The number of anilines is 2. The number of hydrogen-bond donors (Lipinski definition) is 3. The summed E-state index contributed by atoms with van der Waals surface area (Å²) in [4.78, 5) is 17.8. The molecule has 0 bridgehead atoms. The van der Waals surface area contributed by atoms with E-state index in [2.05, 4.69) is 56.5 Å². The maximum absolute atomic E-state index is 12.9. The van der Waals surface area contributed by atoms with Gasteiger partial charge < -0.3 is 16.4 Å². The number of benzene rings is 2. The van der Waals surface area contributed by atoms with E-state index in [-0.39, 0.29) is 5.91 Å². The van der Waals surface area contributed by atoms with Crippen LogP contribution in [-0.2, 0) is 19.5 Å². The number of amides is 1. The summed E-state index contributed by atoms with van der Waals surface area (Å²) in [6.45, 7) is 9.51. The van der Waals surface area contributed by atoms with Gasteiger partial charge >= 0.3 is 0 Å². The molecule has 0 aliphatic carbocycles. The molecule has 2 aromatic carbocycles. The average molecular weight is 456 g/mol. The lowest BCUT2D eigenvalue weighted by Gasteiger charge is -2.14. The van der Waals surface area contributed by atoms with Gasteiger partial charge in [-0.05, 0) is 60.6 Å². The van der Waals surface area contributed by atoms with E-state index in [0.29, 0.717) is 24.6 Å². The van der Waals surface area contributed by atoms with E-state index in [1.54, 1.807) is 0 Å². The summed E-state index contributed by atoms with van der Waals surface area (Å²) in [6.07, 6.45) is 2.76. The molecule has 4 N–H and O–H groups in total. The van der Waals surface area contributed by atoms with Gasteiger partial charge in [0.05, 0.1) is 5.69 Å². The van der Waals surface area contributed by atoms with Crippen LogP contribution in [-0.4, -0.2) is 15.3 Å². The molecule has 0 fully saturated rings. The van der Waals surface area contributed by atoms with Crippen molar-refractivity contribution in [2.75, 3.05) is 5.32 Å². The standard InChI is InChI=1S/C28H33N5O/c1-18(2)13-24-27(32-26-19(3)7-5-8-20(26)4)33-12-11-23(15-25(33)31-24)28(34)30-17-22-10-6-9-21(14-22)16-29/h5-12,14-15,18,32H,13,16-17,29H2,1-4H3,(H,30,34). The molecule has 2 heterocycles. The van der Waals surface area contributed by atoms with E-state index < -0.39 is 0 Å². The number of nitrogens with two attached hydrogens (primary N) is 1. The van der Waals surface area contributed by atoms with Gasteiger partial charge in [0, 0.05) is 30.5 Å². The SMILES string of the molecule is Cc1cccc(C)c1Nc1c(CC(C)C)nc2cc(C(=O)NCc3cccc(CN)c3)ccn12. The van der Waals surface area contributed by atoms with E-state index in [1.807, 2.05) is 47.0 Å². The second-order valence-corrected chi connectivity index (χ2v) is 9.25. The molecule has 2 aromatic heterocycles. The molecule has 1 amide bonds. The Morgan fingerprint density at radius 1 is 1.03 bits per heavy atom. The van der Waals surface area contributed by atoms with E-state index in [4.69, 9.17) is 10.7 Å². The number of aryl methyl sites for hydroxylation is 2. The molecule has 0 spiro atoms. The summed E-state index contributed by atoms with van der Waals surface area (Å²) in [7, 11) is 0. The van der Waals surface area contributed by atoms with Crippen LogP contribution in [0.2, 0.25) is 0 Å². The number of imidazole rings is 1. The highest BCUT2D eigenvalue weighted by Crippen LogP contribution is 2.29. The molecule has 0 aliphatic rings. The molecule has 6 nitrogen and oxygen atoms in total. The van der Waals surface area contributed by atoms with Crippen LogP contribution in [0.25, 0.3) is 5.65 Å². The molecule has 4 rings (SSSR count). The third kappa shape index (κ3) is 5.13. The molecule has 0 aliphatic heterocycles. The fraction of sp³-hybridized carbons (Fsp3) is 0.286. The van der Waals surface area contributed by atoms with Gasteiger partial charge in [-0.1, -0.05) is 56.3 Å². The Morgan fingerprint density at radius 2 is 1.74 bits per heavy atom. The highest BCUT2D eigenvalue weighted by molar-refractivity contribution is 5.95. The number of nitrogens with one attached hydrogen (secondary N) is 2. The number of carbonyl (C=O) groups is 1. The summed E-state index contributed by atoms with van der Waals surface area (Å²) < 4.78 is 2.03. The maximum Gasteiger partial charge on any atom is 0.251 e. The Bertz CT molecular complexity index is 1300. The van der Waals surface area contributed by atoms with Crippen LogP contribution >= 0.6 is 0 Å². The number of aromatic nitrogens is 2. The average Bonchev–Trinajstić information content (AvgIpc) is 3.15. The number of carbonyl (C=O) groups excluding carboxylic acids is 1. The molecule has 0 radical (unpaired) electrons. The van der Waals surface area contributed by atoms with Gasteiger partial charge in [0.2, 0.25) is 0 Å². The third-order valence-corrected chi connectivity index (χ3v) is 5.97. The Hall–Kier alpha value is -3.64. The van der Waals surface area contributed by atoms with Gasteiger partial charge in [0.15, 0.2) is 0 Å². The predicted molar refractivity (Wildman–Crippen MR) is 138 cm³/mol. The molecular formula is C28H33N5O. The summed E-state index contributed by atoms with van der Waals surface area (Å²) in [5.41, 5.74) is 13.6. The van der Waals surface area contributed by atoms with Gasteiger partial charge in [-0.25, -0.2) is 4.98 Å². The van der Waals surface area contributed by atoms with Crippen molar-refractivity contribution in [3.05, 3.63) is 94.3 Å². The number of pyridine rings is 1. The van der Waals surface area contributed by atoms with Crippen molar-refractivity contribution in [1.29, 1.82) is 0 Å². The highest BCUT2D eigenvalue weighted by Gasteiger charge is 2.17. The second-order valence-electron chi connectivity index (χ2n) is 9.25. The molecule has 0 saturated heterocycles. The first-order valence-corrected chi connectivity index (χ1v) is 11.8. The Balaban J connectivity index is 1.62. The van der Waals surface area contributed by atoms with Crippen molar-refractivity contribution >= 4 is 23.1 Å². The number of nitrogens with zero attached hydrogens (tertiary/aromatic N) is 2. The Labute approximate surface area is 201 Å². The van der Waals surface area contributed by atoms with Crippen molar-refractivity contribution in [3.8, 4) is 0 Å². The predicted octanol–water partition coefficient (Wildman–Crippen LogP) is 5.28. The van der Waals surface area contributed by atoms with Crippen molar-refractivity contribution in [1.82, 2.24) is 14.7 Å². The zero-order valence-corrected chi connectivity index (χ0v) is 20.4. The lowest BCUT2D eigenvalue weighted by molar-refractivity contribution is 0.0951. The minimum absolute atomic E-state index is 0.127. The van der Waals surface area contributed by atoms with Gasteiger partial charge in [-0.2, -0.15) is 0 Å². The zero-order chi connectivity index (χ0) is 24.2. The Morgan fingerprint density at radius 3 is 2.44 bits per heavy atom. The van der Waals surface area contributed by atoms with E-state index >= 15 is 0 Å². The summed E-state index contributed by atoms with van der Waals surface area (Å²) in [5.74, 6) is 1.28. The normalized spacial score (nSPS) is 11.2. The van der Waals surface area contributed by atoms with Crippen LogP contribution in [0.3, 0.4) is 0 Å². The Kier molecular flexibility index (Phi) is 6.98. The number of rotatable bonds is 8. The quantitative estimate of drug-likeness (QED) is 0.337. The van der Waals surface area contributed by atoms with Crippen molar-refractivity contribution in [2.45, 2.75) is 47.2 Å². The lowest BCUT2D eigenvalue weighted by atomic mass is 10.1. The molecular weight excluding hydrogens is 422 g/mol. The molecule has 0 atom stereocenters. The molecule has 0 saturated carbocycles. The largest absolute Gasteiger partial charge is 0.348 e. The number of fused-ring (bicyclic) bond motifs is 1. The van der Waals surface area contributed by atoms with Gasteiger partial charge in [0.1, 0.15) is 11.5 Å².